The van der Waals surface area contributed by atoms with Gasteiger partial charge in [-0.2, -0.15) is 0 Å². The molecule has 0 radical (unpaired) electrons. The molecule has 0 spiro atoms. The van der Waals surface area contributed by atoms with E-state index < -0.39 is 11.8 Å². The maximum Gasteiger partial charge on any atom is 0.338 e. The number of anilines is 1. The zero-order valence-electron chi connectivity index (χ0n) is 15.8. The summed E-state index contributed by atoms with van der Waals surface area (Å²) in [5.74, 6) is -1.20. The summed E-state index contributed by atoms with van der Waals surface area (Å²) in [5, 5.41) is 3.22. The van der Waals surface area contributed by atoms with Gasteiger partial charge in [-0.1, -0.05) is 13.3 Å². The molecule has 144 valence electrons. The third-order valence-electron chi connectivity index (χ3n) is 4.25. The van der Waals surface area contributed by atoms with Crippen molar-refractivity contribution in [1.29, 1.82) is 0 Å². The Hall–Kier alpha value is -3.28. The number of nitrogens with zero attached hydrogens (tertiary/aromatic N) is 1. The van der Waals surface area contributed by atoms with Gasteiger partial charge in [-0.25, -0.2) is 9.18 Å². The highest BCUT2D eigenvalue weighted by Crippen LogP contribution is 2.21. The van der Waals surface area contributed by atoms with E-state index in [0.717, 1.165) is 12.8 Å². The van der Waals surface area contributed by atoms with E-state index in [1.54, 1.807) is 43.3 Å². The number of pyridine rings is 1. The van der Waals surface area contributed by atoms with Crippen molar-refractivity contribution in [2.75, 3.05) is 11.9 Å². The number of hydrogen-bond acceptors (Lipinski definition) is 4. The zero-order chi connectivity index (χ0) is 20.1. The van der Waals surface area contributed by atoms with Crippen molar-refractivity contribution in [3.8, 4) is 0 Å². The van der Waals surface area contributed by atoms with Gasteiger partial charge in [-0.15, -0.1) is 0 Å². The Balaban J connectivity index is 1.77. The van der Waals surface area contributed by atoms with E-state index in [1.807, 2.05) is 6.92 Å². The Labute approximate surface area is 162 Å². The lowest BCUT2D eigenvalue weighted by atomic mass is 10.1. The average molecular weight is 380 g/mol. The summed E-state index contributed by atoms with van der Waals surface area (Å²) in [7, 11) is 0. The highest BCUT2D eigenvalue weighted by Gasteiger charge is 2.14. The molecule has 0 aliphatic carbocycles. The first-order chi connectivity index (χ1) is 13.5. The minimum absolute atomic E-state index is 0.338. The molecule has 1 amide bonds. The highest BCUT2D eigenvalue weighted by atomic mass is 19.1. The molecule has 0 saturated heterocycles. The molecule has 1 aromatic heterocycles. The fraction of sp³-hybridized carbons (Fsp3) is 0.227. The summed E-state index contributed by atoms with van der Waals surface area (Å²) in [6.45, 7) is 4.19. The number of halogens is 1. The van der Waals surface area contributed by atoms with Gasteiger partial charge in [0.05, 0.1) is 23.3 Å². The predicted molar refractivity (Wildman–Crippen MR) is 106 cm³/mol. The van der Waals surface area contributed by atoms with E-state index in [2.05, 4.69) is 10.3 Å². The van der Waals surface area contributed by atoms with Crippen molar-refractivity contribution in [2.24, 2.45) is 0 Å². The third-order valence-corrected chi connectivity index (χ3v) is 4.25. The van der Waals surface area contributed by atoms with Crippen molar-refractivity contribution in [2.45, 2.75) is 26.7 Å². The van der Waals surface area contributed by atoms with Crippen molar-refractivity contribution >= 4 is 28.5 Å². The monoisotopic (exact) mass is 380 g/mol. The lowest BCUT2D eigenvalue weighted by Gasteiger charge is -2.10. The number of carbonyl (C=O) groups excluding carboxylic acids is 2. The van der Waals surface area contributed by atoms with Crippen molar-refractivity contribution < 1.29 is 18.7 Å². The number of aromatic nitrogens is 1. The maximum atomic E-state index is 13.6. The minimum Gasteiger partial charge on any atom is -0.462 e. The van der Waals surface area contributed by atoms with Gasteiger partial charge in [0.2, 0.25) is 0 Å². The van der Waals surface area contributed by atoms with Crippen LogP contribution in [0.4, 0.5) is 10.1 Å². The molecule has 0 aliphatic rings. The topological polar surface area (TPSA) is 68.3 Å². The first-order valence-electron chi connectivity index (χ1n) is 9.13. The Bertz CT molecular complexity index is 1020. The van der Waals surface area contributed by atoms with Gasteiger partial charge >= 0.3 is 5.97 Å². The fourth-order valence-corrected chi connectivity index (χ4v) is 2.80. The number of fused-ring (bicyclic) bond motifs is 1. The number of hydrogen-bond donors (Lipinski definition) is 1. The van der Waals surface area contributed by atoms with Crippen LogP contribution in [0.2, 0.25) is 0 Å². The second kappa shape index (κ2) is 8.61. The molecule has 28 heavy (non-hydrogen) atoms. The van der Waals surface area contributed by atoms with E-state index in [4.69, 9.17) is 4.74 Å². The van der Waals surface area contributed by atoms with Crippen molar-refractivity contribution in [1.82, 2.24) is 4.98 Å². The van der Waals surface area contributed by atoms with Crippen LogP contribution >= 0.6 is 0 Å². The Morgan fingerprint density at radius 2 is 1.86 bits per heavy atom. The maximum absolute atomic E-state index is 13.6. The van der Waals surface area contributed by atoms with Gasteiger partial charge in [0, 0.05) is 16.8 Å². The second-order valence-electron chi connectivity index (χ2n) is 6.49. The van der Waals surface area contributed by atoms with Crippen LogP contribution < -0.4 is 5.32 Å². The first-order valence-corrected chi connectivity index (χ1v) is 9.13. The third kappa shape index (κ3) is 4.52. The molecule has 6 heteroatoms. The summed E-state index contributed by atoms with van der Waals surface area (Å²) >= 11 is 0. The van der Waals surface area contributed by atoms with E-state index in [1.165, 1.54) is 12.1 Å². The first kappa shape index (κ1) is 19.5. The highest BCUT2D eigenvalue weighted by molar-refractivity contribution is 6.12. The molecule has 1 N–H and O–H groups in total. The lowest BCUT2D eigenvalue weighted by molar-refractivity contribution is 0.0499. The normalized spacial score (nSPS) is 10.7. The molecule has 3 rings (SSSR count). The Kier molecular flexibility index (Phi) is 5.99. The number of nitrogens with one attached hydrogen (secondary N) is 1. The van der Waals surface area contributed by atoms with E-state index in [9.17, 15) is 14.0 Å². The molecule has 5 nitrogen and oxygen atoms in total. The number of ether oxygens (including phenoxy) is 1. The fourth-order valence-electron chi connectivity index (χ4n) is 2.80. The van der Waals surface area contributed by atoms with Crippen LogP contribution in [0, 0.1) is 12.7 Å². The Morgan fingerprint density at radius 1 is 1.11 bits per heavy atom. The lowest BCUT2D eigenvalue weighted by Crippen LogP contribution is -2.13. The molecule has 0 atom stereocenters. The van der Waals surface area contributed by atoms with Crippen LogP contribution in [0.3, 0.4) is 0 Å². The van der Waals surface area contributed by atoms with Gasteiger partial charge in [0.1, 0.15) is 5.82 Å². The van der Waals surface area contributed by atoms with Gasteiger partial charge in [-0.05, 0) is 61.9 Å². The molecule has 0 unspecified atom stereocenters. The number of rotatable bonds is 6. The molecule has 2 aromatic carbocycles. The molecule has 0 aliphatic heterocycles. The molecule has 0 saturated carbocycles. The van der Waals surface area contributed by atoms with Crippen LogP contribution in [0.1, 0.15) is 46.2 Å². The Morgan fingerprint density at radius 3 is 2.57 bits per heavy atom. The van der Waals surface area contributed by atoms with Gasteiger partial charge in [-0.3, -0.25) is 9.78 Å². The van der Waals surface area contributed by atoms with Gasteiger partial charge < -0.3 is 10.1 Å². The number of carbonyl (C=O) groups is 2. The average Bonchev–Trinajstić information content (AvgIpc) is 2.68. The molecule has 0 fully saturated rings. The standard InChI is InChI=1S/C22H21FN2O3/c1-3-4-11-28-22(27)15-5-8-17(9-6-15)25-21(26)19-12-14(2)24-20-10-7-16(23)13-18(19)20/h5-10,12-13H,3-4,11H2,1-2H3,(H,25,26). The number of amides is 1. The molecular formula is C22H21FN2O3. The quantitative estimate of drug-likeness (QED) is 0.488. The van der Waals surface area contributed by atoms with E-state index in [0.29, 0.717) is 40.0 Å². The zero-order valence-corrected chi connectivity index (χ0v) is 15.8. The van der Waals surface area contributed by atoms with Gasteiger partial charge in [0.25, 0.3) is 5.91 Å². The number of aryl methyl sites for hydroxylation is 1. The summed E-state index contributed by atoms with van der Waals surface area (Å²) in [6.07, 6.45) is 1.77. The summed E-state index contributed by atoms with van der Waals surface area (Å²) in [6, 6.07) is 12.2. The summed E-state index contributed by atoms with van der Waals surface area (Å²) < 4.78 is 18.8. The van der Waals surface area contributed by atoms with Crippen LogP contribution in [-0.4, -0.2) is 23.5 Å². The molecule has 0 bridgehead atoms. The summed E-state index contributed by atoms with van der Waals surface area (Å²) in [5.41, 5.74) is 2.49. The largest absolute Gasteiger partial charge is 0.462 e. The molecular weight excluding hydrogens is 359 g/mol. The number of benzene rings is 2. The minimum atomic E-state index is -0.432. The van der Waals surface area contributed by atoms with Gasteiger partial charge in [0.15, 0.2) is 0 Å². The number of unbranched alkanes of at least 4 members (excludes halogenated alkanes) is 1. The van der Waals surface area contributed by atoms with Crippen LogP contribution in [0.25, 0.3) is 10.9 Å². The van der Waals surface area contributed by atoms with E-state index in [-0.39, 0.29) is 5.91 Å². The van der Waals surface area contributed by atoms with Crippen LogP contribution in [-0.2, 0) is 4.74 Å². The van der Waals surface area contributed by atoms with Crippen molar-refractivity contribution in [3.05, 3.63) is 71.2 Å². The predicted octanol–water partition coefficient (Wildman–Crippen LogP) is 4.89. The van der Waals surface area contributed by atoms with Crippen LogP contribution in [0.15, 0.2) is 48.5 Å². The second-order valence-corrected chi connectivity index (χ2v) is 6.49. The summed E-state index contributed by atoms with van der Waals surface area (Å²) in [4.78, 5) is 29.0. The number of esters is 1. The smallest absolute Gasteiger partial charge is 0.338 e. The SMILES string of the molecule is CCCCOC(=O)c1ccc(NC(=O)c2cc(C)nc3ccc(F)cc23)cc1. The van der Waals surface area contributed by atoms with Crippen LogP contribution in [0.5, 0.6) is 0 Å². The van der Waals surface area contributed by atoms with E-state index >= 15 is 0 Å². The molecule has 3 aromatic rings. The van der Waals surface area contributed by atoms with Crippen molar-refractivity contribution in [3.63, 3.8) is 0 Å². The molecule has 1 heterocycles.